The van der Waals surface area contributed by atoms with Crippen molar-refractivity contribution in [3.8, 4) is 0 Å². The largest absolute Gasteiger partial charge is 0.444 e. The molecule has 1 aromatic rings. The Labute approximate surface area is 115 Å². The lowest BCUT2D eigenvalue weighted by molar-refractivity contribution is 0.00636. The van der Waals surface area contributed by atoms with Gasteiger partial charge in [-0.1, -0.05) is 0 Å². The van der Waals surface area contributed by atoms with Crippen molar-refractivity contribution in [2.75, 3.05) is 11.9 Å². The van der Waals surface area contributed by atoms with Crippen LogP contribution in [-0.2, 0) is 10.7 Å². The first-order chi connectivity index (χ1) is 9.05. The van der Waals surface area contributed by atoms with Gasteiger partial charge in [0.2, 0.25) is 0 Å². The van der Waals surface area contributed by atoms with E-state index >= 15 is 0 Å². The lowest BCUT2D eigenvalue weighted by Crippen LogP contribution is -2.30. The topological polar surface area (TPSA) is 64.3 Å². The summed E-state index contributed by atoms with van der Waals surface area (Å²) in [4.78, 5) is 11.6. The van der Waals surface area contributed by atoms with Crippen LogP contribution in [0.2, 0.25) is 0 Å². The number of ether oxygens (including phenoxy) is 1. The van der Waals surface area contributed by atoms with Gasteiger partial charge < -0.3 is 10.5 Å². The molecule has 0 heterocycles. The molecule has 0 unspecified atom stereocenters. The lowest BCUT2D eigenvalue weighted by atomic mass is 10.1. The van der Waals surface area contributed by atoms with Gasteiger partial charge in [0.15, 0.2) is 0 Å². The summed E-state index contributed by atoms with van der Waals surface area (Å²) in [6.45, 7) is 3.89. The first-order valence-corrected chi connectivity index (χ1v) is 5.93. The second-order valence-electron chi connectivity index (χ2n) is 5.23. The van der Waals surface area contributed by atoms with E-state index in [0.29, 0.717) is 6.07 Å². The summed E-state index contributed by atoms with van der Waals surface area (Å²) in [6.07, 6.45) is -0.904. The van der Waals surface area contributed by atoms with Crippen LogP contribution in [0.15, 0.2) is 18.2 Å². The molecule has 0 atom stereocenters. The summed E-state index contributed by atoms with van der Waals surface area (Å²) >= 11 is 0. The molecule has 0 saturated heterocycles. The summed E-state index contributed by atoms with van der Waals surface area (Å²) < 4.78 is 45.3. The van der Waals surface area contributed by atoms with Crippen molar-refractivity contribution in [3.63, 3.8) is 0 Å². The van der Waals surface area contributed by atoms with Crippen LogP contribution in [0.4, 0.5) is 23.7 Å². The summed E-state index contributed by atoms with van der Waals surface area (Å²) in [5, 5.41) is 2.17. The summed E-state index contributed by atoms with van der Waals surface area (Å²) in [6, 6.07) is 2.64. The Morgan fingerprint density at radius 1 is 1.35 bits per heavy atom. The molecule has 3 N–H and O–H groups in total. The van der Waals surface area contributed by atoms with Gasteiger partial charge in [0.1, 0.15) is 11.4 Å². The van der Waals surface area contributed by atoms with Crippen LogP contribution in [0.1, 0.15) is 26.3 Å². The minimum absolute atomic E-state index is 0.240. The van der Waals surface area contributed by atoms with Crippen LogP contribution in [-0.4, -0.2) is 18.2 Å². The second-order valence-corrected chi connectivity index (χ2v) is 5.23. The highest BCUT2D eigenvalue weighted by molar-refractivity contribution is 5.86. The van der Waals surface area contributed by atoms with E-state index < -0.39 is 35.5 Å². The molecule has 1 aromatic carbocycles. The van der Waals surface area contributed by atoms with Crippen LogP contribution >= 0.6 is 0 Å². The van der Waals surface area contributed by atoms with Crippen LogP contribution in [0.25, 0.3) is 0 Å². The number of alkyl halides is 2. The average Bonchev–Trinajstić information content (AvgIpc) is 2.29. The van der Waals surface area contributed by atoms with Gasteiger partial charge in [-0.15, -0.1) is 0 Å². The third-order valence-electron chi connectivity index (χ3n) is 2.27. The Morgan fingerprint density at radius 2 is 1.95 bits per heavy atom. The van der Waals surface area contributed by atoms with Gasteiger partial charge in [0, 0.05) is 5.56 Å². The zero-order valence-electron chi connectivity index (χ0n) is 11.5. The Hall–Kier alpha value is -1.76. The maximum Gasteiger partial charge on any atom is 0.412 e. The van der Waals surface area contributed by atoms with Crippen LogP contribution in [0.3, 0.4) is 0 Å². The number of amides is 1. The van der Waals surface area contributed by atoms with Gasteiger partial charge in [0.25, 0.3) is 5.92 Å². The number of hydrogen-bond acceptors (Lipinski definition) is 3. The monoisotopic (exact) mass is 290 g/mol. The van der Waals surface area contributed by atoms with Gasteiger partial charge in [0.05, 0.1) is 12.2 Å². The summed E-state index contributed by atoms with van der Waals surface area (Å²) in [5.41, 5.74) is 3.27. The van der Waals surface area contributed by atoms with E-state index in [1.807, 2.05) is 0 Å². The number of nitrogens with two attached hydrogens (primary N) is 1. The highest BCUT2D eigenvalue weighted by atomic mass is 19.3. The van der Waals surface area contributed by atoms with Crippen molar-refractivity contribution in [1.82, 2.24) is 0 Å². The van der Waals surface area contributed by atoms with Gasteiger partial charge in [-0.05, 0) is 39.0 Å². The molecule has 0 radical (unpaired) electrons. The molecule has 0 aliphatic carbocycles. The lowest BCUT2D eigenvalue weighted by Gasteiger charge is -2.22. The van der Waals surface area contributed by atoms with E-state index in [2.05, 4.69) is 5.32 Å². The number of rotatable bonds is 3. The third-order valence-corrected chi connectivity index (χ3v) is 2.27. The maximum atomic E-state index is 13.6. The third kappa shape index (κ3) is 4.41. The molecule has 0 spiro atoms. The Bertz CT molecular complexity index is 499. The molecule has 0 fully saturated rings. The molecule has 0 saturated carbocycles. The predicted molar refractivity (Wildman–Crippen MR) is 69.2 cm³/mol. The van der Waals surface area contributed by atoms with E-state index in [9.17, 15) is 18.0 Å². The molecule has 20 heavy (non-hydrogen) atoms. The van der Waals surface area contributed by atoms with Crippen LogP contribution in [0, 0.1) is 5.82 Å². The number of carbonyl (C=O) groups excluding carboxylic acids is 1. The standard InChI is InChI=1S/C13H17F3N2O2/c1-12(2,3)20-11(19)18-10-5-4-8(14)6-9(10)13(15,16)7-17/h4-6H,7,17H2,1-3H3,(H,18,19). The van der Waals surface area contributed by atoms with Crippen LogP contribution < -0.4 is 11.1 Å². The number of carbonyl (C=O) groups is 1. The summed E-state index contributed by atoms with van der Waals surface area (Å²) in [7, 11) is 0. The second kappa shape index (κ2) is 5.70. The Morgan fingerprint density at radius 3 is 2.45 bits per heavy atom. The smallest absolute Gasteiger partial charge is 0.412 e. The molecule has 0 bridgehead atoms. The average molecular weight is 290 g/mol. The van der Waals surface area contributed by atoms with Gasteiger partial charge >= 0.3 is 6.09 Å². The van der Waals surface area contributed by atoms with Crippen molar-refractivity contribution in [2.24, 2.45) is 5.73 Å². The van der Waals surface area contributed by atoms with Gasteiger partial charge in [-0.3, -0.25) is 5.32 Å². The fraction of sp³-hybridized carbons (Fsp3) is 0.462. The number of benzene rings is 1. The van der Waals surface area contributed by atoms with Crippen LogP contribution in [0.5, 0.6) is 0 Å². The number of halogens is 3. The van der Waals surface area contributed by atoms with Crippen molar-refractivity contribution in [2.45, 2.75) is 32.3 Å². The predicted octanol–water partition coefficient (Wildman–Crippen LogP) is 3.22. The quantitative estimate of drug-likeness (QED) is 0.898. The minimum Gasteiger partial charge on any atom is -0.444 e. The molecule has 112 valence electrons. The van der Waals surface area contributed by atoms with E-state index in [-0.39, 0.29) is 5.69 Å². The normalized spacial score (nSPS) is 12.2. The molecule has 4 nitrogen and oxygen atoms in total. The molecule has 1 amide bonds. The molecule has 7 heteroatoms. The van der Waals surface area contributed by atoms with Crippen molar-refractivity contribution >= 4 is 11.8 Å². The Kier molecular flexibility index (Phi) is 4.65. The Balaban J connectivity index is 3.04. The zero-order chi connectivity index (χ0) is 15.6. The first kappa shape index (κ1) is 16.3. The van der Waals surface area contributed by atoms with Crippen molar-refractivity contribution in [1.29, 1.82) is 0 Å². The number of hydrogen-bond donors (Lipinski definition) is 2. The van der Waals surface area contributed by atoms with Gasteiger partial charge in [-0.25, -0.2) is 9.18 Å². The number of anilines is 1. The van der Waals surface area contributed by atoms with Gasteiger partial charge in [-0.2, -0.15) is 8.78 Å². The highest BCUT2D eigenvalue weighted by Gasteiger charge is 2.33. The molecule has 1 rings (SSSR count). The zero-order valence-corrected chi connectivity index (χ0v) is 11.5. The van der Waals surface area contributed by atoms with E-state index in [1.54, 1.807) is 20.8 Å². The minimum atomic E-state index is -3.45. The maximum absolute atomic E-state index is 13.6. The highest BCUT2D eigenvalue weighted by Crippen LogP contribution is 2.33. The first-order valence-electron chi connectivity index (χ1n) is 5.93. The van der Waals surface area contributed by atoms with E-state index in [0.717, 1.165) is 12.1 Å². The summed E-state index contributed by atoms with van der Waals surface area (Å²) in [5.74, 6) is -4.30. The van der Waals surface area contributed by atoms with Crippen molar-refractivity contribution < 1.29 is 22.7 Å². The van der Waals surface area contributed by atoms with E-state index in [1.165, 1.54) is 0 Å². The molecule has 0 aliphatic rings. The molecule has 0 aromatic heterocycles. The van der Waals surface area contributed by atoms with Crippen molar-refractivity contribution in [3.05, 3.63) is 29.6 Å². The number of nitrogens with one attached hydrogen (secondary N) is 1. The van der Waals surface area contributed by atoms with E-state index in [4.69, 9.17) is 10.5 Å². The molecule has 0 aliphatic heterocycles. The fourth-order valence-corrected chi connectivity index (χ4v) is 1.45. The molecular weight excluding hydrogens is 273 g/mol. The fourth-order valence-electron chi connectivity index (χ4n) is 1.45. The SMILES string of the molecule is CC(C)(C)OC(=O)Nc1ccc(F)cc1C(F)(F)CN. The molecular formula is C13H17F3N2O2.